The first-order valence-electron chi connectivity index (χ1n) is 3.32. The fourth-order valence-corrected chi connectivity index (χ4v) is 1.20. The summed E-state index contributed by atoms with van der Waals surface area (Å²) in [6.45, 7) is 0.852. The standard InChI is InChI=1S/C6H10N2O/c1-2-6-3-4-7-8(6)9-5-1/h3-4,6-7H,1-2,5H2. The first-order valence-corrected chi connectivity index (χ1v) is 3.32. The number of hydrogen-bond donors (Lipinski definition) is 1. The van der Waals surface area contributed by atoms with Crippen molar-refractivity contribution in [3.8, 4) is 0 Å². The molecule has 9 heavy (non-hydrogen) atoms. The van der Waals surface area contributed by atoms with Crippen LogP contribution in [0.15, 0.2) is 12.3 Å². The van der Waals surface area contributed by atoms with Gasteiger partial charge in [-0.25, -0.2) is 0 Å². The number of hydrazine groups is 1. The van der Waals surface area contributed by atoms with Crippen LogP contribution in [-0.2, 0) is 4.84 Å². The fourth-order valence-electron chi connectivity index (χ4n) is 1.20. The third-order valence-corrected chi connectivity index (χ3v) is 1.70. The Kier molecular flexibility index (Phi) is 1.17. The van der Waals surface area contributed by atoms with Crippen molar-refractivity contribution < 1.29 is 4.84 Å². The van der Waals surface area contributed by atoms with E-state index in [4.69, 9.17) is 4.84 Å². The second-order valence-electron chi connectivity index (χ2n) is 2.36. The van der Waals surface area contributed by atoms with E-state index in [0.29, 0.717) is 6.04 Å². The summed E-state index contributed by atoms with van der Waals surface area (Å²) in [5.41, 5.74) is 2.99. The second-order valence-corrected chi connectivity index (χ2v) is 2.36. The largest absolute Gasteiger partial charge is 0.303 e. The van der Waals surface area contributed by atoms with E-state index < -0.39 is 0 Å². The molecule has 0 aromatic carbocycles. The van der Waals surface area contributed by atoms with Gasteiger partial charge in [0.05, 0.1) is 12.6 Å². The van der Waals surface area contributed by atoms with Crippen LogP contribution in [0.25, 0.3) is 0 Å². The summed E-state index contributed by atoms with van der Waals surface area (Å²) in [6, 6.07) is 0.485. The van der Waals surface area contributed by atoms with Crippen molar-refractivity contribution in [2.24, 2.45) is 0 Å². The minimum Gasteiger partial charge on any atom is -0.303 e. The Morgan fingerprint density at radius 2 is 2.67 bits per heavy atom. The van der Waals surface area contributed by atoms with Crippen LogP contribution in [0.4, 0.5) is 0 Å². The molecular formula is C6H10N2O. The van der Waals surface area contributed by atoms with Crippen LogP contribution in [0.3, 0.4) is 0 Å². The monoisotopic (exact) mass is 126 g/mol. The smallest absolute Gasteiger partial charge is 0.0761 e. The van der Waals surface area contributed by atoms with E-state index in [9.17, 15) is 0 Å². The molecular weight excluding hydrogens is 116 g/mol. The van der Waals surface area contributed by atoms with Gasteiger partial charge in [0.2, 0.25) is 0 Å². The van der Waals surface area contributed by atoms with E-state index in [2.05, 4.69) is 11.5 Å². The zero-order valence-corrected chi connectivity index (χ0v) is 5.21. The molecule has 2 rings (SSSR count). The summed E-state index contributed by atoms with van der Waals surface area (Å²) >= 11 is 0. The van der Waals surface area contributed by atoms with E-state index in [1.165, 1.54) is 12.8 Å². The summed E-state index contributed by atoms with van der Waals surface area (Å²) in [5.74, 6) is 0. The summed E-state index contributed by atoms with van der Waals surface area (Å²) in [4.78, 5) is 5.26. The Hall–Kier alpha value is -0.540. The average molecular weight is 126 g/mol. The first-order chi connectivity index (χ1) is 4.47. The van der Waals surface area contributed by atoms with Gasteiger partial charge in [0, 0.05) is 6.20 Å². The van der Waals surface area contributed by atoms with Crippen LogP contribution in [0.1, 0.15) is 12.8 Å². The molecule has 1 N–H and O–H groups in total. The number of nitrogens with one attached hydrogen (secondary N) is 1. The first kappa shape index (κ1) is 5.26. The highest BCUT2D eigenvalue weighted by atomic mass is 16.7. The highest BCUT2D eigenvalue weighted by Gasteiger charge is 2.23. The molecule has 1 fully saturated rings. The van der Waals surface area contributed by atoms with Crippen LogP contribution in [-0.4, -0.2) is 17.8 Å². The zero-order chi connectivity index (χ0) is 6.10. The van der Waals surface area contributed by atoms with Crippen LogP contribution in [0.2, 0.25) is 0 Å². The molecule has 0 spiro atoms. The quantitative estimate of drug-likeness (QED) is 0.509. The van der Waals surface area contributed by atoms with Gasteiger partial charge in [0.1, 0.15) is 0 Å². The highest BCUT2D eigenvalue weighted by molar-refractivity contribution is 4.97. The van der Waals surface area contributed by atoms with Gasteiger partial charge in [-0.05, 0) is 18.9 Å². The number of hydroxylamine groups is 1. The predicted molar refractivity (Wildman–Crippen MR) is 33.1 cm³/mol. The Morgan fingerprint density at radius 3 is 3.56 bits per heavy atom. The number of hydrogen-bond acceptors (Lipinski definition) is 3. The van der Waals surface area contributed by atoms with Gasteiger partial charge in [-0.3, -0.25) is 4.84 Å². The maximum Gasteiger partial charge on any atom is 0.0761 e. The lowest BCUT2D eigenvalue weighted by atomic mass is 10.1. The lowest BCUT2D eigenvalue weighted by Gasteiger charge is -2.27. The van der Waals surface area contributed by atoms with Crippen molar-refractivity contribution in [2.45, 2.75) is 18.9 Å². The lowest BCUT2D eigenvalue weighted by Crippen LogP contribution is -2.40. The van der Waals surface area contributed by atoms with Gasteiger partial charge < -0.3 is 5.43 Å². The molecule has 1 atom stereocenters. The van der Waals surface area contributed by atoms with Gasteiger partial charge in [-0.15, -0.1) is 0 Å². The van der Waals surface area contributed by atoms with Crippen molar-refractivity contribution >= 4 is 0 Å². The van der Waals surface area contributed by atoms with E-state index in [1.54, 1.807) is 0 Å². The topological polar surface area (TPSA) is 24.5 Å². The Balaban J connectivity index is 2.03. The van der Waals surface area contributed by atoms with Gasteiger partial charge in [-0.2, -0.15) is 0 Å². The molecule has 1 saturated heterocycles. The number of rotatable bonds is 0. The Bertz CT molecular complexity index is 135. The lowest BCUT2D eigenvalue weighted by molar-refractivity contribution is -0.218. The molecule has 0 radical (unpaired) electrons. The summed E-state index contributed by atoms with van der Waals surface area (Å²) in [5, 5.41) is 1.81. The molecule has 0 bridgehead atoms. The molecule has 2 aliphatic heterocycles. The van der Waals surface area contributed by atoms with Crippen molar-refractivity contribution in [3.63, 3.8) is 0 Å². The summed E-state index contributed by atoms with van der Waals surface area (Å²) in [6.07, 6.45) is 6.44. The summed E-state index contributed by atoms with van der Waals surface area (Å²) in [7, 11) is 0. The minimum absolute atomic E-state index is 0.485. The summed E-state index contributed by atoms with van der Waals surface area (Å²) < 4.78 is 0. The van der Waals surface area contributed by atoms with Crippen LogP contribution in [0, 0.1) is 0 Å². The van der Waals surface area contributed by atoms with Crippen LogP contribution >= 0.6 is 0 Å². The molecule has 3 nitrogen and oxygen atoms in total. The fraction of sp³-hybridized carbons (Fsp3) is 0.667. The molecule has 0 aromatic rings. The molecule has 2 heterocycles. The van der Waals surface area contributed by atoms with Gasteiger partial charge in [0.25, 0.3) is 0 Å². The molecule has 2 aliphatic rings. The SMILES string of the molecule is C1=CC2CCCON2N1. The molecule has 0 aromatic heterocycles. The number of fused-ring (bicyclic) bond motifs is 1. The predicted octanol–water partition coefficient (Wildman–Crippen LogP) is 0.414. The van der Waals surface area contributed by atoms with Gasteiger partial charge in [-0.1, -0.05) is 5.17 Å². The van der Waals surface area contributed by atoms with Crippen molar-refractivity contribution in [1.82, 2.24) is 10.6 Å². The van der Waals surface area contributed by atoms with E-state index >= 15 is 0 Å². The molecule has 0 aliphatic carbocycles. The molecule has 0 saturated carbocycles. The molecule has 1 unspecified atom stereocenters. The minimum atomic E-state index is 0.485. The maximum atomic E-state index is 5.26. The van der Waals surface area contributed by atoms with Crippen molar-refractivity contribution in [2.75, 3.05) is 6.61 Å². The molecule has 50 valence electrons. The Labute approximate surface area is 54.2 Å². The maximum absolute atomic E-state index is 5.26. The normalized spacial score (nSPS) is 34.0. The molecule has 3 heteroatoms. The van der Waals surface area contributed by atoms with E-state index in [1.807, 2.05) is 11.4 Å². The van der Waals surface area contributed by atoms with Gasteiger partial charge in [0.15, 0.2) is 0 Å². The second kappa shape index (κ2) is 2.01. The average Bonchev–Trinajstić information content (AvgIpc) is 2.33. The van der Waals surface area contributed by atoms with Crippen LogP contribution < -0.4 is 5.43 Å². The molecule has 0 amide bonds. The van der Waals surface area contributed by atoms with Crippen molar-refractivity contribution in [3.05, 3.63) is 12.3 Å². The zero-order valence-electron chi connectivity index (χ0n) is 5.21. The van der Waals surface area contributed by atoms with E-state index in [-0.39, 0.29) is 0 Å². The number of nitrogens with zero attached hydrogens (tertiary/aromatic N) is 1. The Morgan fingerprint density at radius 1 is 1.67 bits per heavy atom. The highest BCUT2D eigenvalue weighted by Crippen LogP contribution is 2.16. The van der Waals surface area contributed by atoms with Gasteiger partial charge >= 0.3 is 0 Å². The van der Waals surface area contributed by atoms with Crippen molar-refractivity contribution in [1.29, 1.82) is 0 Å². The van der Waals surface area contributed by atoms with E-state index in [0.717, 1.165) is 6.61 Å². The third-order valence-electron chi connectivity index (χ3n) is 1.70. The third kappa shape index (κ3) is 0.821. The van der Waals surface area contributed by atoms with Crippen LogP contribution in [0.5, 0.6) is 0 Å².